The van der Waals surface area contributed by atoms with Gasteiger partial charge in [0.1, 0.15) is 11.5 Å². The van der Waals surface area contributed by atoms with E-state index in [2.05, 4.69) is 0 Å². The van der Waals surface area contributed by atoms with E-state index in [1.54, 1.807) is 19.9 Å². The molecule has 0 aliphatic rings. The van der Waals surface area contributed by atoms with Crippen molar-refractivity contribution in [3.63, 3.8) is 0 Å². The Labute approximate surface area is 150 Å². The molecule has 130 valence electrons. The Morgan fingerprint density at radius 2 is 1.88 bits per heavy atom. The number of allylic oxidation sites excluding steroid dienone is 1. The summed E-state index contributed by atoms with van der Waals surface area (Å²) in [4.78, 5) is 23.6. The lowest BCUT2D eigenvalue weighted by Crippen LogP contribution is -2.06. The molecule has 0 unspecified atom stereocenters. The van der Waals surface area contributed by atoms with E-state index in [0.717, 1.165) is 0 Å². The number of carbonyl (C=O) groups excluding carboxylic acids is 1. The molecule has 2 N–H and O–H groups in total. The molecule has 0 fully saturated rings. The van der Waals surface area contributed by atoms with E-state index in [9.17, 15) is 19.8 Å². The SMILES string of the molecule is COc1c(C=CC(=O)c2ccc(Cl)cc2O)cc(C)c(C(=O)O)c1C. The highest BCUT2D eigenvalue weighted by Gasteiger charge is 2.18. The van der Waals surface area contributed by atoms with Gasteiger partial charge in [0.25, 0.3) is 0 Å². The summed E-state index contributed by atoms with van der Waals surface area (Å²) in [5.41, 5.74) is 1.92. The van der Waals surface area contributed by atoms with E-state index in [4.69, 9.17) is 16.3 Å². The van der Waals surface area contributed by atoms with Gasteiger partial charge in [-0.15, -0.1) is 0 Å². The van der Waals surface area contributed by atoms with Crippen LogP contribution in [0.3, 0.4) is 0 Å². The van der Waals surface area contributed by atoms with Crippen LogP contribution in [0.4, 0.5) is 0 Å². The van der Waals surface area contributed by atoms with Crippen LogP contribution in [0.5, 0.6) is 11.5 Å². The monoisotopic (exact) mass is 360 g/mol. The Hall–Kier alpha value is -2.79. The number of carboxylic acids is 1. The van der Waals surface area contributed by atoms with E-state index in [1.165, 1.54) is 37.5 Å². The number of rotatable bonds is 5. The van der Waals surface area contributed by atoms with Crippen LogP contribution < -0.4 is 4.74 Å². The second-order valence-corrected chi connectivity index (χ2v) is 5.92. The highest BCUT2D eigenvalue weighted by Crippen LogP contribution is 2.31. The summed E-state index contributed by atoms with van der Waals surface area (Å²) in [5, 5.41) is 19.5. The lowest BCUT2D eigenvalue weighted by molar-refractivity contribution is 0.0694. The van der Waals surface area contributed by atoms with Crippen LogP contribution in [0.2, 0.25) is 5.02 Å². The first kappa shape index (κ1) is 18.5. The number of hydrogen-bond donors (Lipinski definition) is 2. The van der Waals surface area contributed by atoms with Crippen molar-refractivity contribution in [3.8, 4) is 11.5 Å². The molecule has 5 nitrogen and oxygen atoms in total. The fourth-order valence-corrected chi connectivity index (χ4v) is 2.86. The largest absolute Gasteiger partial charge is 0.507 e. The Morgan fingerprint density at radius 1 is 1.20 bits per heavy atom. The molecule has 0 radical (unpaired) electrons. The van der Waals surface area contributed by atoms with Gasteiger partial charge in [0, 0.05) is 16.1 Å². The van der Waals surface area contributed by atoms with Gasteiger partial charge >= 0.3 is 5.97 Å². The van der Waals surface area contributed by atoms with Crippen LogP contribution in [0.15, 0.2) is 30.3 Å². The van der Waals surface area contributed by atoms with Gasteiger partial charge in [0.2, 0.25) is 0 Å². The zero-order valence-corrected chi connectivity index (χ0v) is 14.7. The molecule has 0 aliphatic heterocycles. The predicted molar refractivity (Wildman–Crippen MR) is 95.9 cm³/mol. The van der Waals surface area contributed by atoms with Gasteiger partial charge in [-0.25, -0.2) is 4.79 Å². The average molecular weight is 361 g/mol. The average Bonchev–Trinajstić information content (AvgIpc) is 2.52. The summed E-state index contributed by atoms with van der Waals surface area (Å²) in [6.07, 6.45) is 2.82. The van der Waals surface area contributed by atoms with Crippen molar-refractivity contribution in [2.45, 2.75) is 13.8 Å². The molecular formula is C19H17ClO5. The third-order valence-electron chi connectivity index (χ3n) is 3.80. The lowest BCUT2D eigenvalue weighted by atomic mass is 9.97. The fourth-order valence-electron chi connectivity index (χ4n) is 2.69. The lowest BCUT2D eigenvalue weighted by Gasteiger charge is -2.14. The summed E-state index contributed by atoms with van der Waals surface area (Å²) >= 11 is 5.76. The zero-order valence-electron chi connectivity index (χ0n) is 14.0. The van der Waals surface area contributed by atoms with E-state index >= 15 is 0 Å². The van der Waals surface area contributed by atoms with Crippen molar-refractivity contribution in [2.75, 3.05) is 7.11 Å². The van der Waals surface area contributed by atoms with Crippen molar-refractivity contribution in [1.29, 1.82) is 0 Å². The standard InChI is InChI=1S/C19H17ClO5/c1-10-8-12(18(25-3)11(2)17(10)19(23)24)4-7-15(21)14-6-5-13(20)9-16(14)22/h4-9,22H,1-3H3,(H,23,24). The maximum Gasteiger partial charge on any atom is 0.336 e. The van der Waals surface area contributed by atoms with Gasteiger partial charge in [-0.1, -0.05) is 11.6 Å². The molecule has 0 heterocycles. The number of aromatic carboxylic acids is 1. The number of aryl methyl sites for hydroxylation is 1. The van der Waals surface area contributed by atoms with Gasteiger partial charge < -0.3 is 14.9 Å². The van der Waals surface area contributed by atoms with Gasteiger partial charge in [0.15, 0.2) is 5.78 Å². The van der Waals surface area contributed by atoms with Crippen molar-refractivity contribution in [2.24, 2.45) is 0 Å². The summed E-state index contributed by atoms with van der Waals surface area (Å²) in [6, 6.07) is 5.88. The number of ether oxygens (including phenoxy) is 1. The second-order valence-electron chi connectivity index (χ2n) is 5.48. The molecule has 0 aromatic heterocycles. The number of aromatic hydroxyl groups is 1. The van der Waals surface area contributed by atoms with Crippen LogP contribution >= 0.6 is 11.6 Å². The maximum absolute atomic E-state index is 12.3. The van der Waals surface area contributed by atoms with E-state index in [0.29, 0.717) is 27.5 Å². The number of carboxylic acid groups (broad SMARTS) is 1. The molecule has 0 aliphatic carbocycles. The number of phenols is 1. The normalized spacial score (nSPS) is 10.9. The van der Waals surface area contributed by atoms with Crippen molar-refractivity contribution in [3.05, 3.63) is 63.2 Å². The second kappa shape index (κ2) is 7.40. The van der Waals surface area contributed by atoms with Crippen molar-refractivity contribution >= 4 is 29.4 Å². The number of ketones is 1. The summed E-state index contributed by atoms with van der Waals surface area (Å²) in [7, 11) is 1.44. The molecule has 2 rings (SSSR count). The molecule has 0 saturated heterocycles. The number of phenolic OH excluding ortho intramolecular Hbond substituents is 1. The molecule has 0 atom stereocenters. The fraction of sp³-hybridized carbons (Fsp3) is 0.158. The van der Waals surface area contributed by atoms with Crippen molar-refractivity contribution < 1.29 is 24.5 Å². The first-order valence-corrected chi connectivity index (χ1v) is 7.76. The molecule has 0 spiro atoms. The minimum absolute atomic E-state index is 0.121. The quantitative estimate of drug-likeness (QED) is 0.614. The van der Waals surface area contributed by atoms with E-state index in [1.807, 2.05) is 0 Å². The Balaban J connectivity index is 2.44. The molecular weight excluding hydrogens is 344 g/mol. The number of benzene rings is 2. The molecule has 0 amide bonds. The molecule has 6 heteroatoms. The Bertz CT molecular complexity index is 884. The maximum atomic E-state index is 12.3. The molecule has 0 saturated carbocycles. The molecule has 0 bridgehead atoms. The highest BCUT2D eigenvalue weighted by molar-refractivity contribution is 6.31. The zero-order chi connectivity index (χ0) is 18.7. The first-order valence-electron chi connectivity index (χ1n) is 7.38. The topological polar surface area (TPSA) is 83.8 Å². The number of carbonyl (C=O) groups is 2. The van der Waals surface area contributed by atoms with Crippen LogP contribution in [0.25, 0.3) is 6.08 Å². The van der Waals surface area contributed by atoms with E-state index in [-0.39, 0.29) is 16.9 Å². The molecule has 2 aromatic carbocycles. The van der Waals surface area contributed by atoms with Crippen molar-refractivity contribution in [1.82, 2.24) is 0 Å². The number of methoxy groups -OCH3 is 1. The van der Waals surface area contributed by atoms with Gasteiger partial charge in [-0.2, -0.15) is 0 Å². The summed E-state index contributed by atoms with van der Waals surface area (Å²) < 4.78 is 5.31. The molecule has 25 heavy (non-hydrogen) atoms. The number of halogens is 1. The number of hydrogen-bond acceptors (Lipinski definition) is 4. The first-order chi connectivity index (χ1) is 11.8. The smallest absolute Gasteiger partial charge is 0.336 e. The summed E-state index contributed by atoms with van der Waals surface area (Å²) in [5.74, 6) is -1.27. The van der Waals surface area contributed by atoms with Gasteiger partial charge in [-0.05, 0) is 55.8 Å². The Kier molecular flexibility index (Phi) is 5.49. The highest BCUT2D eigenvalue weighted by atomic mass is 35.5. The van der Waals surface area contributed by atoms with Crippen LogP contribution in [-0.2, 0) is 0 Å². The van der Waals surface area contributed by atoms with Crippen LogP contribution in [0.1, 0.15) is 37.4 Å². The third kappa shape index (κ3) is 3.83. The van der Waals surface area contributed by atoms with Crippen LogP contribution in [0, 0.1) is 13.8 Å². The molecule has 2 aromatic rings. The van der Waals surface area contributed by atoms with Gasteiger partial charge in [-0.3, -0.25) is 4.79 Å². The van der Waals surface area contributed by atoms with E-state index < -0.39 is 11.8 Å². The predicted octanol–water partition coefficient (Wildman–Crippen LogP) is 4.27. The Morgan fingerprint density at radius 3 is 2.44 bits per heavy atom. The third-order valence-corrected chi connectivity index (χ3v) is 4.04. The van der Waals surface area contributed by atoms with Crippen LogP contribution in [-0.4, -0.2) is 29.1 Å². The minimum atomic E-state index is -1.04. The minimum Gasteiger partial charge on any atom is -0.507 e. The van der Waals surface area contributed by atoms with Gasteiger partial charge in [0.05, 0.1) is 18.2 Å². The summed E-state index contributed by atoms with van der Waals surface area (Å²) in [6.45, 7) is 3.33.